The first-order chi connectivity index (χ1) is 6.96. The summed E-state index contributed by atoms with van der Waals surface area (Å²) >= 11 is 5.77. The van der Waals surface area contributed by atoms with Crippen LogP contribution in [0.4, 0.5) is 14.6 Å². The summed E-state index contributed by atoms with van der Waals surface area (Å²) < 4.78 is 26.0. The van der Waals surface area contributed by atoms with Crippen LogP contribution in [0.25, 0.3) is 0 Å². The van der Waals surface area contributed by atoms with Gasteiger partial charge in [-0.05, 0) is 24.6 Å². The summed E-state index contributed by atoms with van der Waals surface area (Å²) in [6.07, 6.45) is -0.111. The highest BCUT2D eigenvalue weighted by molar-refractivity contribution is 6.29. The Morgan fingerprint density at radius 2 is 2.20 bits per heavy atom. The topological polar surface area (TPSA) is 16.1 Å². The molecule has 1 aromatic heterocycles. The van der Waals surface area contributed by atoms with Gasteiger partial charge in [0.15, 0.2) is 0 Å². The van der Waals surface area contributed by atoms with Crippen molar-refractivity contribution in [2.45, 2.75) is 19.3 Å². The van der Waals surface area contributed by atoms with Gasteiger partial charge < -0.3 is 4.90 Å². The summed E-state index contributed by atoms with van der Waals surface area (Å²) in [4.78, 5) is 5.61. The number of hydrogen-bond acceptors (Lipinski definition) is 2. The van der Waals surface area contributed by atoms with Crippen LogP contribution in [0.5, 0.6) is 0 Å². The van der Waals surface area contributed by atoms with E-state index >= 15 is 0 Å². The van der Waals surface area contributed by atoms with Crippen molar-refractivity contribution in [1.82, 2.24) is 4.98 Å². The second kappa shape index (κ2) is 3.59. The molecule has 1 aliphatic heterocycles. The van der Waals surface area contributed by atoms with Crippen LogP contribution in [0.3, 0.4) is 0 Å². The molecular formula is C10H11ClF2N2. The summed E-state index contributed by atoms with van der Waals surface area (Å²) in [6.45, 7) is 1.94. The SMILES string of the molecule is Cc1cc(Cl)nc(N2CCC(F)(F)C2)c1. The van der Waals surface area contributed by atoms with Crippen molar-refractivity contribution < 1.29 is 8.78 Å². The van der Waals surface area contributed by atoms with Gasteiger partial charge in [0, 0.05) is 13.0 Å². The third-order valence-electron chi connectivity index (χ3n) is 2.42. The first-order valence-corrected chi connectivity index (χ1v) is 5.11. The molecule has 0 bridgehead atoms. The van der Waals surface area contributed by atoms with E-state index in [1.807, 2.05) is 6.92 Å². The largest absolute Gasteiger partial charge is 0.350 e. The van der Waals surface area contributed by atoms with E-state index in [9.17, 15) is 8.78 Å². The molecule has 1 saturated heterocycles. The van der Waals surface area contributed by atoms with Gasteiger partial charge in [-0.1, -0.05) is 11.6 Å². The average Bonchev–Trinajstić information content (AvgIpc) is 2.44. The normalized spacial score (nSPS) is 19.6. The van der Waals surface area contributed by atoms with E-state index in [1.165, 1.54) is 0 Å². The van der Waals surface area contributed by atoms with E-state index in [-0.39, 0.29) is 13.0 Å². The van der Waals surface area contributed by atoms with Crippen molar-refractivity contribution in [2.75, 3.05) is 18.0 Å². The number of alkyl halides is 2. The quantitative estimate of drug-likeness (QED) is 0.693. The lowest BCUT2D eigenvalue weighted by Gasteiger charge is -2.17. The number of pyridine rings is 1. The Hall–Kier alpha value is -0.900. The predicted octanol–water partition coefficient (Wildman–Crippen LogP) is 2.89. The second-order valence-electron chi connectivity index (χ2n) is 3.85. The van der Waals surface area contributed by atoms with E-state index < -0.39 is 5.92 Å². The second-order valence-corrected chi connectivity index (χ2v) is 4.24. The molecule has 82 valence electrons. The molecule has 1 aliphatic rings. The maximum Gasteiger partial charge on any atom is 0.266 e. The van der Waals surface area contributed by atoms with Gasteiger partial charge >= 0.3 is 0 Å². The van der Waals surface area contributed by atoms with Crippen LogP contribution in [0.15, 0.2) is 12.1 Å². The maximum absolute atomic E-state index is 13.0. The molecule has 0 saturated carbocycles. The van der Waals surface area contributed by atoms with E-state index in [2.05, 4.69) is 4.98 Å². The summed E-state index contributed by atoms with van der Waals surface area (Å²) in [6, 6.07) is 3.48. The number of rotatable bonds is 1. The molecule has 0 amide bonds. The fourth-order valence-corrected chi connectivity index (χ4v) is 1.96. The zero-order valence-corrected chi connectivity index (χ0v) is 9.06. The molecule has 0 atom stereocenters. The molecule has 0 aromatic carbocycles. The molecule has 0 unspecified atom stereocenters. The molecule has 15 heavy (non-hydrogen) atoms. The zero-order chi connectivity index (χ0) is 11.1. The molecule has 0 N–H and O–H groups in total. The molecule has 1 aromatic rings. The van der Waals surface area contributed by atoms with Gasteiger partial charge in [-0.3, -0.25) is 0 Å². The summed E-state index contributed by atoms with van der Waals surface area (Å²) in [5, 5.41) is 0.347. The van der Waals surface area contributed by atoms with Crippen LogP contribution in [0.2, 0.25) is 5.15 Å². The van der Waals surface area contributed by atoms with Crippen LogP contribution in [-0.4, -0.2) is 24.0 Å². The van der Waals surface area contributed by atoms with Crippen LogP contribution >= 0.6 is 11.6 Å². The van der Waals surface area contributed by atoms with E-state index in [0.29, 0.717) is 17.5 Å². The van der Waals surface area contributed by atoms with Gasteiger partial charge in [0.1, 0.15) is 11.0 Å². The monoisotopic (exact) mass is 232 g/mol. The highest BCUT2D eigenvalue weighted by atomic mass is 35.5. The molecule has 2 nitrogen and oxygen atoms in total. The van der Waals surface area contributed by atoms with E-state index in [0.717, 1.165) is 5.56 Å². The third kappa shape index (κ3) is 2.37. The molecular weight excluding hydrogens is 222 g/mol. The Morgan fingerprint density at radius 3 is 2.73 bits per heavy atom. The molecule has 2 rings (SSSR count). The minimum absolute atomic E-state index is 0.111. The summed E-state index contributed by atoms with van der Waals surface area (Å²) in [5.41, 5.74) is 0.931. The first kappa shape index (κ1) is 10.6. The molecule has 0 aliphatic carbocycles. The van der Waals surface area contributed by atoms with Gasteiger partial charge in [0.25, 0.3) is 5.92 Å². The molecule has 1 fully saturated rings. The summed E-state index contributed by atoms with van der Waals surface area (Å²) in [5.74, 6) is -2.06. The van der Waals surface area contributed by atoms with Crippen LogP contribution < -0.4 is 4.90 Å². The number of anilines is 1. The van der Waals surface area contributed by atoms with Crippen molar-refractivity contribution >= 4 is 17.4 Å². The number of hydrogen-bond donors (Lipinski definition) is 0. The standard InChI is InChI=1S/C10H11ClF2N2/c1-7-4-8(11)14-9(5-7)15-3-2-10(12,13)6-15/h4-5H,2-3,6H2,1H3. The van der Waals surface area contributed by atoms with Crippen LogP contribution in [-0.2, 0) is 0 Å². The third-order valence-corrected chi connectivity index (χ3v) is 2.61. The van der Waals surface area contributed by atoms with Gasteiger partial charge in [0.05, 0.1) is 6.54 Å². The highest BCUT2D eigenvalue weighted by Crippen LogP contribution is 2.30. The summed E-state index contributed by atoms with van der Waals surface area (Å²) in [7, 11) is 0. The highest BCUT2D eigenvalue weighted by Gasteiger charge is 2.38. The van der Waals surface area contributed by atoms with Gasteiger partial charge in [-0.25, -0.2) is 13.8 Å². The average molecular weight is 233 g/mol. The lowest BCUT2D eigenvalue weighted by Crippen LogP contribution is -2.25. The number of aryl methyl sites for hydroxylation is 1. The number of aromatic nitrogens is 1. The van der Waals surface area contributed by atoms with Crippen molar-refractivity contribution in [3.05, 3.63) is 22.8 Å². The smallest absolute Gasteiger partial charge is 0.266 e. The van der Waals surface area contributed by atoms with Crippen molar-refractivity contribution in [3.63, 3.8) is 0 Å². The fraction of sp³-hybridized carbons (Fsp3) is 0.500. The maximum atomic E-state index is 13.0. The minimum Gasteiger partial charge on any atom is -0.350 e. The van der Waals surface area contributed by atoms with E-state index in [4.69, 9.17) is 11.6 Å². The molecule has 0 radical (unpaired) electrons. The predicted molar refractivity (Wildman–Crippen MR) is 55.8 cm³/mol. The van der Waals surface area contributed by atoms with Gasteiger partial charge in [0.2, 0.25) is 0 Å². The van der Waals surface area contributed by atoms with Crippen molar-refractivity contribution in [2.24, 2.45) is 0 Å². The lowest BCUT2D eigenvalue weighted by atomic mass is 10.3. The van der Waals surface area contributed by atoms with E-state index in [1.54, 1.807) is 17.0 Å². The Kier molecular flexibility index (Phi) is 2.54. The van der Waals surface area contributed by atoms with Crippen molar-refractivity contribution in [3.8, 4) is 0 Å². The van der Waals surface area contributed by atoms with Crippen molar-refractivity contribution in [1.29, 1.82) is 0 Å². The Morgan fingerprint density at radius 1 is 1.47 bits per heavy atom. The number of halogens is 3. The zero-order valence-electron chi connectivity index (χ0n) is 8.30. The number of nitrogens with zero attached hydrogens (tertiary/aromatic N) is 2. The lowest BCUT2D eigenvalue weighted by molar-refractivity contribution is 0.0256. The fourth-order valence-electron chi connectivity index (χ4n) is 1.70. The molecule has 0 spiro atoms. The van der Waals surface area contributed by atoms with Crippen LogP contribution in [0.1, 0.15) is 12.0 Å². The van der Waals surface area contributed by atoms with Gasteiger partial charge in [-0.2, -0.15) is 0 Å². The van der Waals surface area contributed by atoms with Crippen LogP contribution in [0, 0.1) is 6.92 Å². The Balaban J connectivity index is 2.24. The van der Waals surface area contributed by atoms with Gasteiger partial charge in [-0.15, -0.1) is 0 Å². The Labute approximate surface area is 91.9 Å². The Bertz CT molecular complexity index is 361. The molecule has 2 heterocycles. The molecule has 5 heteroatoms. The first-order valence-electron chi connectivity index (χ1n) is 4.73. The minimum atomic E-state index is -2.60.